The number of methoxy groups -OCH3 is 2. The summed E-state index contributed by atoms with van der Waals surface area (Å²) in [6.07, 6.45) is 4.62. The highest BCUT2D eigenvalue weighted by molar-refractivity contribution is 8.00. The van der Waals surface area contributed by atoms with Crippen molar-refractivity contribution >= 4 is 17.5 Å². The zero-order chi connectivity index (χ0) is 19.6. The molecule has 1 aliphatic carbocycles. The molecule has 0 bridgehead atoms. The summed E-state index contributed by atoms with van der Waals surface area (Å²) in [4.78, 5) is 14.6. The number of hydrogen-bond acceptors (Lipinski definition) is 5. The van der Waals surface area contributed by atoms with Crippen LogP contribution in [0.25, 0.3) is 0 Å². The number of ketones is 1. The van der Waals surface area contributed by atoms with Gasteiger partial charge < -0.3 is 14.2 Å². The molecule has 4 rings (SSSR count). The third kappa shape index (κ3) is 3.53. The molecule has 2 aromatic carbocycles. The summed E-state index contributed by atoms with van der Waals surface area (Å²) in [6, 6.07) is 15.9. The number of carbonyl (C=O) groups is 1. The molecule has 0 unspecified atom stereocenters. The second-order valence-corrected chi connectivity index (χ2v) is 8.64. The lowest BCUT2D eigenvalue weighted by atomic mass is 9.82. The van der Waals surface area contributed by atoms with E-state index in [-0.39, 0.29) is 17.1 Å². The van der Waals surface area contributed by atoms with Crippen molar-refractivity contribution in [2.45, 2.75) is 54.0 Å². The Kier molecular flexibility index (Phi) is 5.65. The average Bonchev–Trinajstić information content (AvgIpc) is 3.00. The van der Waals surface area contributed by atoms with E-state index in [9.17, 15) is 4.79 Å². The van der Waals surface area contributed by atoms with Crippen LogP contribution in [0.4, 0.5) is 0 Å². The number of carbonyl (C=O) groups excluding carboxylic acids is 1. The second kappa shape index (κ2) is 8.18. The Morgan fingerprint density at radius 3 is 2.36 bits per heavy atom. The summed E-state index contributed by atoms with van der Waals surface area (Å²) >= 11 is 1.61. The van der Waals surface area contributed by atoms with Crippen molar-refractivity contribution in [3.8, 4) is 11.5 Å². The van der Waals surface area contributed by atoms with Gasteiger partial charge in [0.2, 0.25) is 0 Å². The molecular formula is C23H26O4S. The molecule has 2 aliphatic rings. The fourth-order valence-corrected chi connectivity index (χ4v) is 5.55. The van der Waals surface area contributed by atoms with E-state index >= 15 is 0 Å². The predicted octanol–water partition coefficient (Wildman–Crippen LogP) is 5.21. The number of ether oxygens (including phenoxy) is 3. The third-order valence-electron chi connectivity index (χ3n) is 5.74. The molecule has 1 saturated heterocycles. The molecule has 4 nitrogen and oxygen atoms in total. The van der Waals surface area contributed by atoms with Gasteiger partial charge in [0.15, 0.2) is 17.3 Å². The first-order chi connectivity index (χ1) is 13.7. The molecule has 2 atom stereocenters. The van der Waals surface area contributed by atoms with Crippen LogP contribution in [-0.4, -0.2) is 30.9 Å². The minimum Gasteiger partial charge on any atom is -0.493 e. The van der Waals surface area contributed by atoms with Crippen LogP contribution in [0.15, 0.2) is 53.4 Å². The standard InChI is InChI=1S/C23H26O4S/c1-25-18-12-11-16(15-19(18)26-2)20-21(28-17-9-5-3-6-10-17)22(24)23(27-20)13-7-4-8-14-23/h3,5-6,9-12,15,20-21H,4,7-8,13-14H2,1-2H3/t20-,21-/m0/s1. The number of benzene rings is 2. The van der Waals surface area contributed by atoms with E-state index in [1.807, 2.05) is 36.4 Å². The molecule has 0 amide bonds. The lowest BCUT2D eigenvalue weighted by Crippen LogP contribution is -2.40. The molecule has 148 valence electrons. The van der Waals surface area contributed by atoms with E-state index in [1.165, 1.54) is 6.42 Å². The van der Waals surface area contributed by atoms with Gasteiger partial charge in [0.05, 0.1) is 14.2 Å². The number of hydrogen-bond donors (Lipinski definition) is 0. The molecule has 2 aromatic rings. The van der Waals surface area contributed by atoms with E-state index in [4.69, 9.17) is 14.2 Å². The normalized spacial score (nSPS) is 23.7. The minimum atomic E-state index is -0.636. The number of rotatable bonds is 5. The molecular weight excluding hydrogens is 372 g/mol. The van der Waals surface area contributed by atoms with Crippen molar-refractivity contribution < 1.29 is 19.0 Å². The topological polar surface area (TPSA) is 44.8 Å². The molecule has 2 fully saturated rings. The maximum Gasteiger partial charge on any atom is 0.180 e. The van der Waals surface area contributed by atoms with Crippen LogP contribution in [0.2, 0.25) is 0 Å². The smallest absolute Gasteiger partial charge is 0.180 e. The Balaban J connectivity index is 1.70. The molecule has 1 saturated carbocycles. The van der Waals surface area contributed by atoms with Gasteiger partial charge in [0.1, 0.15) is 17.0 Å². The Bertz CT molecular complexity index is 830. The van der Waals surface area contributed by atoms with Crippen LogP contribution in [0.3, 0.4) is 0 Å². The van der Waals surface area contributed by atoms with Gasteiger partial charge >= 0.3 is 0 Å². The van der Waals surface area contributed by atoms with E-state index in [0.717, 1.165) is 36.1 Å². The molecule has 0 aromatic heterocycles. The Labute approximate surface area is 170 Å². The molecule has 1 aliphatic heterocycles. The Hall–Kier alpha value is -1.98. The van der Waals surface area contributed by atoms with Gasteiger partial charge in [-0.3, -0.25) is 4.79 Å². The Morgan fingerprint density at radius 1 is 0.964 bits per heavy atom. The van der Waals surface area contributed by atoms with Gasteiger partial charge in [-0.2, -0.15) is 0 Å². The first-order valence-corrected chi connectivity index (χ1v) is 10.7. The number of thioether (sulfide) groups is 1. The van der Waals surface area contributed by atoms with Crippen molar-refractivity contribution in [3.05, 3.63) is 54.1 Å². The van der Waals surface area contributed by atoms with Gasteiger partial charge in [-0.15, -0.1) is 11.8 Å². The number of Topliss-reactive ketones (excluding diaryl/α,β-unsaturated/α-hetero) is 1. The van der Waals surface area contributed by atoms with Crippen LogP contribution in [0, 0.1) is 0 Å². The third-order valence-corrected chi connectivity index (χ3v) is 7.00. The first kappa shape index (κ1) is 19.3. The fourth-order valence-electron chi connectivity index (χ4n) is 4.28. The summed E-state index contributed by atoms with van der Waals surface area (Å²) in [5.41, 5.74) is 0.324. The maximum absolute atomic E-state index is 13.5. The lowest BCUT2D eigenvalue weighted by molar-refractivity contribution is -0.137. The van der Waals surface area contributed by atoms with E-state index in [0.29, 0.717) is 11.5 Å². The summed E-state index contributed by atoms with van der Waals surface area (Å²) in [7, 11) is 3.25. The van der Waals surface area contributed by atoms with Gasteiger partial charge in [0, 0.05) is 4.90 Å². The van der Waals surface area contributed by atoms with Gasteiger partial charge in [-0.05, 0) is 42.7 Å². The molecule has 0 radical (unpaired) electrons. The molecule has 1 heterocycles. The summed E-state index contributed by atoms with van der Waals surface area (Å²) in [6.45, 7) is 0. The highest BCUT2D eigenvalue weighted by Gasteiger charge is 2.55. The average molecular weight is 399 g/mol. The zero-order valence-corrected chi connectivity index (χ0v) is 17.2. The van der Waals surface area contributed by atoms with Crippen LogP contribution in [0.1, 0.15) is 43.8 Å². The van der Waals surface area contributed by atoms with Crippen molar-refractivity contribution in [2.75, 3.05) is 14.2 Å². The molecule has 0 N–H and O–H groups in total. The fraction of sp³-hybridized carbons (Fsp3) is 0.435. The van der Waals surface area contributed by atoms with E-state index < -0.39 is 5.60 Å². The van der Waals surface area contributed by atoms with Crippen LogP contribution in [0.5, 0.6) is 11.5 Å². The van der Waals surface area contributed by atoms with Gasteiger partial charge in [-0.25, -0.2) is 0 Å². The molecule has 28 heavy (non-hydrogen) atoms. The largest absolute Gasteiger partial charge is 0.493 e. The summed E-state index contributed by atoms with van der Waals surface area (Å²) in [5, 5.41) is -0.265. The van der Waals surface area contributed by atoms with Crippen molar-refractivity contribution in [1.82, 2.24) is 0 Å². The van der Waals surface area contributed by atoms with E-state index in [1.54, 1.807) is 26.0 Å². The maximum atomic E-state index is 13.5. The highest BCUT2D eigenvalue weighted by atomic mass is 32.2. The summed E-state index contributed by atoms with van der Waals surface area (Å²) in [5.74, 6) is 1.57. The molecule has 5 heteroatoms. The van der Waals surface area contributed by atoms with E-state index in [2.05, 4.69) is 12.1 Å². The van der Waals surface area contributed by atoms with Crippen molar-refractivity contribution in [1.29, 1.82) is 0 Å². The molecule has 1 spiro atoms. The van der Waals surface area contributed by atoms with Crippen LogP contribution < -0.4 is 9.47 Å². The van der Waals surface area contributed by atoms with Crippen molar-refractivity contribution in [3.63, 3.8) is 0 Å². The second-order valence-electron chi connectivity index (χ2n) is 7.42. The highest BCUT2D eigenvalue weighted by Crippen LogP contribution is 2.51. The minimum absolute atomic E-state index is 0.237. The lowest BCUT2D eigenvalue weighted by Gasteiger charge is -2.31. The first-order valence-electron chi connectivity index (χ1n) is 9.83. The van der Waals surface area contributed by atoms with Gasteiger partial charge in [-0.1, -0.05) is 43.5 Å². The Morgan fingerprint density at radius 2 is 1.68 bits per heavy atom. The monoisotopic (exact) mass is 398 g/mol. The van der Waals surface area contributed by atoms with Crippen LogP contribution >= 0.6 is 11.8 Å². The van der Waals surface area contributed by atoms with Crippen molar-refractivity contribution in [2.24, 2.45) is 0 Å². The van der Waals surface area contributed by atoms with Crippen LogP contribution in [-0.2, 0) is 9.53 Å². The SMILES string of the molecule is COc1ccc([C@@H]2OC3(CCCCC3)C(=O)[C@H]2Sc2ccccc2)cc1OC. The zero-order valence-electron chi connectivity index (χ0n) is 16.4. The predicted molar refractivity (Wildman–Crippen MR) is 110 cm³/mol. The summed E-state index contributed by atoms with van der Waals surface area (Å²) < 4.78 is 17.4. The van der Waals surface area contributed by atoms with Gasteiger partial charge in [0.25, 0.3) is 0 Å². The quantitative estimate of drug-likeness (QED) is 0.692.